The van der Waals surface area contributed by atoms with Gasteiger partial charge in [0.05, 0.1) is 5.52 Å². The maximum absolute atomic E-state index is 12.2. The Morgan fingerprint density at radius 2 is 1.91 bits per heavy atom. The number of rotatable bonds is 1. The van der Waals surface area contributed by atoms with Gasteiger partial charge in [0, 0.05) is 24.7 Å². The summed E-state index contributed by atoms with van der Waals surface area (Å²) in [6, 6.07) is 10.4. The molecule has 122 valence electrons. The average Bonchev–Trinajstić information content (AvgIpc) is 2.53. The third kappa shape index (κ3) is 3.63. The van der Waals surface area contributed by atoms with Gasteiger partial charge in [-0.2, -0.15) is 0 Å². The van der Waals surface area contributed by atoms with Crippen molar-refractivity contribution in [3.8, 4) is 0 Å². The largest absolute Gasteiger partial charge is 0.444 e. The van der Waals surface area contributed by atoms with E-state index in [-0.39, 0.29) is 6.09 Å². The second-order valence-corrected chi connectivity index (χ2v) is 7.16. The maximum atomic E-state index is 12.2. The fourth-order valence-corrected chi connectivity index (χ4v) is 3.18. The molecule has 1 aromatic carbocycles. The number of ether oxygens (including phenoxy) is 1. The summed E-state index contributed by atoms with van der Waals surface area (Å²) >= 11 is 0. The van der Waals surface area contributed by atoms with Crippen LogP contribution in [0.1, 0.15) is 45.1 Å². The van der Waals surface area contributed by atoms with E-state index in [9.17, 15) is 4.79 Å². The van der Waals surface area contributed by atoms with E-state index in [4.69, 9.17) is 4.74 Å². The normalized spacial score (nSPS) is 16.6. The van der Waals surface area contributed by atoms with Gasteiger partial charge >= 0.3 is 6.09 Å². The highest BCUT2D eigenvalue weighted by molar-refractivity contribution is 5.82. The molecule has 0 N–H and O–H groups in total. The van der Waals surface area contributed by atoms with Crippen LogP contribution in [0.15, 0.2) is 36.5 Å². The minimum Gasteiger partial charge on any atom is -0.444 e. The van der Waals surface area contributed by atoms with Crippen molar-refractivity contribution in [1.82, 2.24) is 9.88 Å². The number of likely N-dealkylation sites (tertiary alicyclic amines) is 1. The summed E-state index contributed by atoms with van der Waals surface area (Å²) in [6.45, 7) is 7.20. The highest BCUT2D eigenvalue weighted by atomic mass is 16.6. The van der Waals surface area contributed by atoms with Crippen molar-refractivity contribution in [2.75, 3.05) is 13.1 Å². The van der Waals surface area contributed by atoms with Crippen LogP contribution in [0.25, 0.3) is 10.9 Å². The van der Waals surface area contributed by atoms with Crippen molar-refractivity contribution in [1.29, 1.82) is 0 Å². The van der Waals surface area contributed by atoms with Gasteiger partial charge in [0.2, 0.25) is 0 Å². The number of fused-ring (bicyclic) bond motifs is 1. The second kappa shape index (κ2) is 6.19. The Hall–Kier alpha value is -2.10. The number of pyridine rings is 1. The van der Waals surface area contributed by atoms with E-state index in [0.29, 0.717) is 5.92 Å². The number of nitrogens with zero attached hydrogens (tertiary/aromatic N) is 2. The van der Waals surface area contributed by atoms with Crippen LogP contribution in [0.3, 0.4) is 0 Å². The first-order chi connectivity index (χ1) is 10.9. The van der Waals surface area contributed by atoms with Gasteiger partial charge in [-0.15, -0.1) is 0 Å². The van der Waals surface area contributed by atoms with Gasteiger partial charge in [-0.05, 0) is 57.2 Å². The quantitative estimate of drug-likeness (QED) is 0.786. The lowest BCUT2D eigenvalue weighted by Gasteiger charge is -2.34. The molecule has 0 unspecified atom stereocenters. The summed E-state index contributed by atoms with van der Waals surface area (Å²) in [4.78, 5) is 18.4. The first-order valence-corrected chi connectivity index (χ1v) is 8.25. The van der Waals surface area contributed by atoms with Gasteiger partial charge in [0.1, 0.15) is 5.60 Å². The molecule has 0 atom stereocenters. The highest BCUT2D eigenvalue weighted by Crippen LogP contribution is 2.32. The number of piperidine rings is 1. The molecule has 1 saturated heterocycles. The van der Waals surface area contributed by atoms with Crippen LogP contribution in [-0.2, 0) is 4.74 Å². The van der Waals surface area contributed by atoms with Crippen molar-refractivity contribution in [3.05, 3.63) is 42.1 Å². The molecular formula is C19H24N2O2. The SMILES string of the molecule is CC(C)(C)OC(=O)N1CCC(c2cccc3ncccc23)CC1. The topological polar surface area (TPSA) is 42.4 Å². The fourth-order valence-electron chi connectivity index (χ4n) is 3.18. The predicted octanol–water partition coefficient (Wildman–Crippen LogP) is 4.35. The molecule has 1 fully saturated rings. The number of carbonyl (C=O) groups excluding carboxylic acids is 1. The van der Waals surface area contributed by atoms with Crippen LogP contribution in [0.2, 0.25) is 0 Å². The zero-order valence-corrected chi connectivity index (χ0v) is 14.1. The van der Waals surface area contributed by atoms with Gasteiger partial charge in [0.25, 0.3) is 0 Å². The lowest BCUT2D eigenvalue weighted by molar-refractivity contribution is 0.0205. The molecule has 0 bridgehead atoms. The summed E-state index contributed by atoms with van der Waals surface area (Å²) in [6.07, 6.45) is 3.56. The Morgan fingerprint density at radius 3 is 2.61 bits per heavy atom. The summed E-state index contributed by atoms with van der Waals surface area (Å²) in [5.74, 6) is 0.474. The number of amides is 1. The molecule has 0 spiro atoms. The van der Waals surface area contributed by atoms with E-state index in [2.05, 4.69) is 29.2 Å². The van der Waals surface area contributed by atoms with Crippen LogP contribution in [0.5, 0.6) is 0 Å². The number of carbonyl (C=O) groups is 1. The standard InChI is InChI=1S/C19H24N2O2/c1-19(2,3)23-18(22)21-12-9-14(10-13-21)15-6-4-8-17-16(15)7-5-11-20-17/h4-8,11,14H,9-10,12-13H2,1-3H3. The van der Waals surface area contributed by atoms with Gasteiger partial charge in [0.15, 0.2) is 0 Å². The van der Waals surface area contributed by atoms with Crippen LogP contribution < -0.4 is 0 Å². The Morgan fingerprint density at radius 1 is 1.17 bits per heavy atom. The highest BCUT2D eigenvalue weighted by Gasteiger charge is 2.28. The molecule has 0 aliphatic carbocycles. The van der Waals surface area contributed by atoms with Crippen molar-refractivity contribution >= 4 is 17.0 Å². The number of hydrogen-bond donors (Lipinski definition) is 0. The summed E-state index contributed by atoms with van der Waals surface area (Å²) in [7, 11) is 0. The van der Waals surface area contributed by atoms with Crippen molar-refractivity contribution in [2.24, 2.45) is 0 Å². The van der Waals surface area contributed by atoms with Crippen LogP contribution in [0.4, 0.5) is 4.79 Å². The summed E-state index contributed by atoms with van der Waals surface area (Å²) < 4.78 is 5.47. The van der Waals surface area contributed by atoms with Gasteiger partial charge in [-0.25, -0.2) is 4.79 Å². The van der Waals surface area contributed by atoms with Gasteiger partial charge in [-0.1, -0.05) is 18.2 Å². The lowest BCUT2D eigenvalue weighted by atomic mass is 9.87. The minimum atomic E-state index is -0.435. The molecule has 2 heterocycles. The number of aromatic nitrogens is 1. The van der Waals surface area contributed by atoms with Gasteiger partial charge in [-0.3, -0.25) is 4.98 Å². The Bertz CT molecular complexity index is 693. The second-order valence-electron chi connectivity index (χ2n) is 7.16. The predicted molar refractivity (Wildman–Crippen MR) is 91.5 cm³/mol. The van der Waals surface area contributed by atoms with E-state index in [1.165, 1.54) is 10.9 Å². The number of hydrogen-bond acceptors (Lipinski definition) is 3. The van der Waals surface area contributed by atoms with E-state index in [1.807, 2.05) is 37.9 Å². The maximum Gasteiger partial charge on any atom is 0.410 e. The molecule has 4 heteroatoms. The van der Waals surface area contributed by atoms with Crippen molar-refractivity contribution in [3.63, 3.8) is 0 Å². The van der Waals surface area contributed by atoms with E-state index in [0.717, 1.165) is 31.4 Å². The van der Waals surface area contributed by atoms with E-state index >= 15 is 0 Å². The Kier molecular flexibility index (Phi) is 4.24. The molecule has 2 aromatic rings. The fraction of sp³-hybridized carbons (Fsp3) is 0.474. The van der Waals surface area contributed by atoms with Gasteiger partial charge < -0.3 is 9.64 Å². The molecule has 1 aromatic heterocycles. The van der Waals surface area contributed by atoms with E-state index < -0.39 is 5.60 Å². The zero-order chi connectivity index (χ0) is 16.4. The first kappa shape index (κ1) is 15.8. The molecule has 1 aliphatic rings. The molecule has 3 rings (SSSR count). The van der Waals surface area contributed by atoms with E-state index in [1.54, 1.807) is 0 Å². The Balaban J connectivity index is 1.70. The summed E-state index contributed by atoms with van der Waals surface area (Å²) in [5.41, 5.74) is 1.95. The van der Waals surface area contributed by atoms with Crippen LogP contribution in [-0.4, -0.2) is 34.7 Å². The third-order valence-corrected chi connectivity index (χ3v) is 4.27. The Labute approximate surface area is 137 Å². The molecule has 1 amide bonds. The minimum absolute atomic E-state index is 0.199. The molecule has 0 radical (unpaired) electrons. The monoisotopic (exact) mass is 312 g/mol. The third-order valence-electron chi connectivity index (χ3n) is 4.27. The smallest absolute Gasteiger partial charge is 0.410 e. The van der Waals surface area contributed by atoms with Crippen molar-refractivity contribution < 1.29 is 9.53 Å². The molecule has 1 aliphatic heterocycles. The first-order valence-electron chi connectivity index (χ1n) is 8.25. The zero-order valence-electron chi connectivity index (χ0n) is 14.1. The lowest BCUT2D eigenvalue weighted by Crippen LogP contribution is -2.41. The van der Waals surface area contributed by atoms with Crippen LogP contribution >= 0.6 is 0 Å². The van der Waals surface area contributed by atoms with Crippen molar-refractivity contribution in [2.45, 2.75) is 45.1 Å². The number of benzene rings is 1. The summed E-state index contributed by atoms with van der Waals surface area (Å²) in [5, 5.41) is 1.23. The molecule has 4 nitrogen and oxygen atoms in total. The molecular weight excluding hydrogens is 288 g/mol. The van der Waals surface area contributed by atoms with Crippen LogP contribution in [0, 0.1) is 0 Å². The molecule has 0 saturated carbocycles. The average molecular weight is 312 g/mol. The molecule has 23 heavy (non-hydrogen) atoms.